The fourth-order valence-corrected chi connectivity index (χ4v) is 3.57. The highest BCUT2D eigenvalue weighted by atomic mass is 15.3. The van der Waals surface area contributed by atoms with Crippen LogP contribution in [0.25, 0.3) is 0 Å². The molecule has 8 heteroatoms. The van der Waals surface area contributed by atoms with Crippen LogP contribution in [0.15, 0.2) is 12.3 Å². The van der Waals surface area contributed by atoms with Crippen LogP contribution in [0.1, 0.15) is 12.8 Å². The molecule has 2 rings (SSSR count). The van der Waals surface area contributed by atoms with Gasteiger partial charge < -0.3 is 36.0 Å². The Kier molecular flexibility index (Phi) is 10.5. The minimum Gasteiger partial charge on any atom is -0.397 e. The molecule has 0 aromatic carbocycles. The number of hydrogen-bond acceptors (Lipinski definition) is 8. The number of nitrogens with one attached hydrogen (secondary N) is 2. The van der Waals surface area contributed by atoms with Crippen molar-refractivity contribution in [2.45, 2.75) is 12.8 Å². The van der Waals surface area contributed by atoms with Crippen LogP contribution in [0.4, 0.5) is 17.2 Å². The van der Waals surface area contributed by atoms with Crippen LogP contribution in [-0.2, 0) is 0 Å². The maximum absolute atomic E-state index is 6.05. The SMILES string of the molecule is CN(C)CCCNCCN1CCN(CCNCCCN(C)C)c2ncc(N)cc21. The molecule has 0 aliphatic carbocycles. The van der Waals surface area contributed by atoms with Gasteiger partial charge in [0.05, 0.1) is 17.6 Å². The highest BCUT2D eigenvalue weighted by Crippen LogP contribution is 2.31. The van der Waals surface area contributed by atoms with E-state index in [-0.39, 0.29) is 0 Å². The molecule has 1 aromatic heterocycles. The average molecular weight is 407 g/mol. The molecular weight excluding hydrogens is 364 g/mol. The van der Waals surface area contributed by atoms with Crippen molar-refractivity contribution in [1.82, 2.24) is 25.4 Å². The fourth-order valence-electron chi connectivity index (χ4n) is 3.57. The van der Waals surface area contributed by atoms with Crippen molar-refractivity contribution in [3.05, 3.63) is 12.3 Å². The molecule has 2 heterocycles. The Hall–Kier alpha value is -1.61. The Labute approximate surface area is 177 Å². The van der Waals surface area contributed by atoms with Gasteiger partial charge in [-0.15, -0.1) is 0 Å². The molecule has 0 amide bonds. The molecular formula is C21H42N8. The third-order valence-electron chi connectivity index (χ3n) is 5.18. The Bertz CT molecular complexity index is 578. The fraction of sp³-hybridized carbons (Fsp3) is 0.762. The van der Waals surface area contributed by atoms with Gasteiger partial charge in [0.15, 0.2) is 5.82 Å². The van der Waals surface area contributed by atoms with Gasteiger partial charge in [-0.05, 0) is 73.3 Å². The van der Waals surface area contributed by atoms with Crippen LogP contribution >= 0.6 is 0 Å². The monoisotopic (exact) mass is 406 g/mol. The second-order valence-corrected chi connectivity index (χ2v) is 8.40. The summed E-state index contributed by atoms with van der Waals surface area (Å²) in [4.78, 5) is 13.9. The van der Waals surface area contributed by atoms with E-state index in [0.29, 0.717) is 0 Å². The van der Waals surface area contributed by atoms with Gasteiger partial charge in [-0.3, -0.25) is 0 Å². The molecule has 166 valence electrons. The number of fused-ring (bicyclic) bond motifs is 1. The van der Waals surface area contributed by atoms with Gasteiger partial charge in [0.25, 0.3) is 0 Å². The highest BCUT2D eigenvalue weighted by Gasteiger charge is 2.23. The molecule has 0 unspecified atom stereocenters. The minimum absolute atomic E-state index is 0.733. The lowest BCUT2D eigenvalue weighted by Gasteiger charge is -2.38. The van der Waals surface area contributed by atoms with Crippen LogP contribution < -0.4 is 26.2 Å². The Morgan fingerprint density at radius 1 is 0.897 bits per heavy atom. The number of pyridine rings is 1. The number of anilines is 3. The molecule has 1 aromatic rings. The number of hydrogen-bond donors (Lipinski definition) is 3. The molecule has 4 N–H and O–H groups in total. The first kappa shape index (κ1) is 23.7. The summed E-state index contributed by atoms with van der Waals surface area (Å²) in [5.41, 5.74) is 7.95. The van der Waals surface area contributed by atoms with Crippen LogP contribution in [0.5, 0.6) is 0 Å². The molecule has 29 heavy (non-hydrogen) atoms. The van der Waals surface area contributed by atoms with E-state index < -0.39 is 0 Å². The predicted molar refractivity (Wildman–Crippen MR) is 125 cm³/mol. The Morgan fingerprint density at radius 3 is 2.03 bits per heavy atom. The van der Waals surface area contributed by atoms with E-state index in [1.807, 2.05) is 0 Å². The first-order chi connectivity index (χ1) is 14.0. The van der Waals surface area contributed by atoms with E-state index in [2.05, 4.69) is 69.5 Å². The van der Waals surface area contributed by atoms with E-state index in [9.17, 15) is 0 Å². The molecule has 0 radical (unpaired) electrons. The van der Waals surface area contributed by atoms with E-state index in [1.54, 1.807) is 6.20 Å². The summed E-state index contributed by atoms with van der Waals surface area (Å²) >= 11 is 0. The third-order valence-corrected chi connectivity index (χ3v) is 5.18. The summed E-state index contributed by atoms with van der Waals surface area (Å²) in [6.07, 6.45) is 4.13. The Balaban J connectivity index is 1.79. The first-order valence-corrected chi connectivity index (χ1v) is 10.9. The van der Waals surface area contributed by atoms with Crippen molar-refractivity contribution in [3.8, 4) is 0 Å². The minimum atomic E-state index is 0.733. The van der Waals surface area contributed by atoms with Crippen molar-refractivity contribution in [2.75, 3.05) is 109 Å². The van der Waals surface area contributed by atoms with Gasteiger partial charge in [-0.25, -0.2) is 4.98 Å². The number of nitrogen functional groups attached to an aromatic ring is 1. The quantitative estimate of drug-likeness (QED) is 0.383. The second-order valence-electron chi connectivity index (χ2n) is 8.40. The van der Waals surface area contributed by atoms with Crippen molar-refractivity contribution in [2.24, 2.45) is 0 Å². The molecule has 0 saturated heterocycles. The third kappa shape index (κ3) is 8.74. The van der Waals surface area contributed by atoms with E-state index in [1.165, 1.54) is 18.5 Å². The summed E-state index contributed by atoms with van der Waals surface area (Å²) in [7, 11) is 8.47. The number of rotatable bonds is 14. The largest absolute Gasteiger partial charge is 0.397 e. The lowest BCUT2D eigenvalue weighted by Crippen LogP contribution is -2.46. The molecule has 0 saturated carbocycles. The number of nitrogens with two attached hydrogens (primary N) is 1. The van der Waals surface area contributed by atoms with Crippen LogP contribution in [0.2, 0.25) is 0 Å². The van der Waals surface area contributed by atoms with E-state index >= 15 is 0 Å². The number of nitrogens with zero attached hydrogens (tertiary/aromatic N) is 5. The predicted octanol–water partition coefficient (Wildman–Crippen LogP) is 0.373. The lowest BCUT2D eigenvalue weighted by molar-refractivity contribution is 0.394. The number of aromatic nitrogens is 1. The maximum Gasteiger partial charge on any atom is 0.152 e. The summed E-state index contributed by atoms with van der Waals surface area (Å²) in [6, 6.07) is 2.07. The van der Waals surface area contributed by atoms with Gasteiger partial charge in [-0.2, -0.15) is 0 Å². The van der Waals surface area contributed by atoms with Crippen molar-refractivity contribution < 1.29 is 0 Å². The molecule has 0 atom stereocenters. The maximum atomic E-state index is 6.05. The molecule has 0 bridgehead atoms. The zero-order chi connectivity index (χ0) is 21.1. The van der Waals surface area contributed by atoms with Crippen molar-refractivity contribution in [3.63, 3.8) is 0 Å². The molecule has 1 aliphatic rings. The van der Waals surface area contributed by atoms with Crippen LogP contribution in [-0.4, -0.2) is 108 Å². The smallest absolute Gasteiger partial charge is 0.152 e. The second kappa shape index (κ2) is 12.8. The normalized spacial score (nSPS) is 14.1. The van der Waals surface area contributed by atoms with Crippen LogP contribution in [0, 0.1) is 0 Å². The van der Waals surface area contributed by atoms with Crippen molar-refractivity contribution in [1.29, 1.82) is 0 Å². The van der Waals surface area contributed by atoms with Gasteiger partial charge in [0.2, 0.25) is 0 Å². The van der Waals surface area contributed by atoms with Crippen molar-refractivity contribution >= 4 is 17.2 Å². The van der Waals surface area contributed by atoms with E-state index in [4.69, 9.17) is 5.73 Å². The Morgan fingerprint density at radius 2 is 1.45 bits per heavy atom. The summed E-state index contributed by atoms with van der Waals surface area (Å²) in [5, 5.41) is 7.11. The topological polar surface area (TPSA) is 75.9 Å². The first-order valence-electron chi connectivity index (χ1n) is 10.9. The summed E-state index contributed by atoms with van der Waals surface area (Å²) in [6.45, 7) is 10.3. The van der Waals surface area contributed by atoms with Crippen LogP contribution in [0.3, 0.4) is 0 Å². The summed E-state index contributed by atoms with van der Waals surface area (Å²) in [5.74, 6) is 1.06. The van der Waals surface area contributed by atoms with Gasteiger partial charge in [0, 0.05) is 39.3 Å². The van der Waals surface area contributed by atoms with E-state index in [0.717, 1.165) is 77.0 Å². The molecule has 0 fully saturated rings. The zero-order valence-electron chi connectivity index (χ0n) is 19.0. The molecule has 1 aliphatic heterocycles. The summed E-state index contributed by atoms with van der Waals surface area (Å²) < 4.78 is 0. The highest BCUT2D eigenvalue weighted by molar-refractivity contribution is 5.72. The van der Waals surface area contributed by atoms with Gasteiger partial charge in [0.1, 0.15) is 0 Å². The molecule has 8 nitrogen and oxygen atoms in total. The molecule has 0 spiro atoms. The lowest BCUT2D eigenvalue weighted by atomic mass is 10.2. The van der Waals surface area contributed by atoms with Gasteiger partial charge in [-0.1, -0.05) is 0 Å². The average Bonchev–Trinajstić information content (AvgIpc) is 2.67. The standard InChI is InChI=1S/C21H42N8/c1-26(2)11-5-7-23-9-13-28-15-16-29(14-10-24-8-6-12-27(3)4)21-20(28)17-19(22)18-25-21/h17-18,23-24H,5-16,22H2,1-4H3. The van der Waals surface area contributed by atoms with Gasteiger partial charge >= 0.3 is 0 Å². The zero-order valence-corrected chi connectivity index (χ0v) is 19.0.